The molecule has 0 aliphatic carbocycles. The van der Waals surface area contributed by atoms with Crippen molar-refractivity contribution >= 4 is 24.8 Å². The molecule has 0 aliphatic heterocycles. The Hall–Kier alpha value is -2.70. The zero-order valence-electron chi connectivity index (χ0n) is 20.5. The fourth-order valence-corrected chi connectivity index (χ4v) is 9.07. The molecule has 0 spiro atoms. The number of carbonyl (C=O) groups excluding carboxylic acids is 2. The van der Waals surface area contributed by atoms with Crippen LogP contribution in [0.4, 0.5) is 5.69 Å². The molecule has 33 heavy (non-hydrogen) atoms. The van der Waals surface area contributed by atoms with Crippen LogP contribution in [0.25, 0.3) is 0 Å². The molecule has 2 aromatic rings. The van der Waals surface area contributed by atoms with E-state index >= 15 is 0 Å². The number of nitrogens with zero attached hydrogens (tertiary/aromatic N) is 1. The third kappa shape index (κ3) is 6.89. The molecule has 0 aliphatic rings. The van der Waals surface area contributed by atoms with Crippen LogP contribution in [0.15, 0.2) is 42.5 Å². The van der Waals surface area contributed by atoms with Crippen LogP contribution in [-0.4, -0.2) is 36.0 Å². The summed E-state index contributed by atoms with van der Waals surface area (Å²) in [5.41, 5.74) is 3.87. The number of nitriles is 1. The summed E-state index contributed by atoms with van der Waals surface area (Å²) in [5, 5.41) is 12.4. The maximum absolute atomic E-state index is 13.6. The summed E-state index contributed by atoms with van der Waals surface area (Å²) in [4.78, 5) is 26.5. The topological polar surface area (TPSA) is 79.2 Å². The number of hydrogen-bond donors (Lipinski definition) is 1. The first-order valence-electron chi connectivity index (χ1n) is 11.8. The quantitative estimate of drug-likeness (QED) is 0.333. The number of esters is 1. The summed E-state index contributed by atoms with van der Waals surface area (Å²) in [6.45, 7) is 10.4. The van der Waals surface area contributed by atoms with Crippen molar-refractivity contribution in [3.8, 4) is 6.07 Å². The summed E-state index contributed by atoms with van der Waals surface area (Å²) in [6.07, 6.45) is 3.65. The van der Waals surface area contributed by atoms with Crippen molar-refractivity contribution in [1.29, 1.82) is 5.26 Å². The van der Waals surface area contributed by atoms with Gasteiger partial charge in [0.05, 0.1) is 0 Å². The van der Waals surface area contributed by atoms with Crippen LogP contribution in [0.2, 0.25) is 0 Å². The average Bonchev–Trinajstić information content (AvgIpc) is 2.82. The predicted octanol–water partition coefficient (Wildman–Crippen LogP) is 5.82. The molecule has 1 N–H and O–H groups in total. The second-order valence-electron chi connectivity index (χ2n) is 8.82. The van der Waals surface area contributed by atoms with E-state index in [9.17, 15) is 14.9 Å². The molecular formula is C27H37N2O3P. The van der Waals surface area contributed by atoms with E-state index < -0.39 is 7.26 Å². The number of amides is 1. The first-order chi connectivity index (χ1) is 15.8. The number of hydrogen-bond acceptors (Lipinski definition) is 4. The summed E-state index contributed by atoms with van der Waals surface area (Å²) >= 11 is 0. The van der Waals surface area contributed by atoms with Gasteiger partial charge in [0.25, 0.3) is 0 Å². The van der Waals surface area contributed by atoms with E-state index in [-0.39, 0.29) is 24.1 Å². The standard InChI is InChI=1S/C27H37N2O3P/c1-6-12-24(27(31)29-26-20(4)15-23(17-28)16-21(26)5)33(7-2,8-3)19-25(30)32-18-22-13-10-9-11-14-22/h9-11,13-16,24,33H,6-8,12,18-19H2,1-5H3,(H,29,31). The summed E-state index contributed by atoms with van der Waals surface area (Å²) in [6, 6.07) is 15.4. The van der Waals surface area contributed by atoms with Gasteiger partial charge in [-0.15, -0.1) is 0 Å². The molecule has 0 saturated carbocycles. The van der Waals surface area contributed by atoms with Gasteiger partial charge in [0.2, 0.25) is 0 Å². The van der Waals surface area contributed by atoms with Gasteiger partial charge >= 0.3 is 199 Å². The molecule has 2 aromatic carbocycles. The van der Waals surface area contributed by atoms with Gasteiger partial charge in [-0.25, -0.2) is 0 Å². The third-order valence-corrected chi connectivity index (χ3v) is 12.5. The number of rotatable bonds is 11. The average molecular weight is 469 g/mol. The van der Waals surface area contributed by atoms with E-state index in [1.165, 1.54) is 0 Å². The molecule has 5 nitrogen and oxygen atoms in total. The molecule has 178 valence electrons. The van der Waals surface area contributed by atoms with Crippen LogP contribution < -0.4 is 5.32 Å². The van der Waals surface area contributed by atoms with Gasteiger partial charge < -0.3 is 0 Å². The molecule has 2 rings (SSSR count). The molecule has 6 heteroatoms. The number of ether oxygens (including phenoxy) is 1. The van der Waals surface area contributed by atoms with Crippen molar-refractivity contribution in [2.45, 2.75) is 59.7 Å². The number of benzene rings is 2. The Morgan fingerprint density at radius 1 is 1.06 bits per heavy atom. The fourth-order valence-electron chi connectivity index (χ4n) is 4.63. The van der Waals surface area contributed by atoms with Crippen LogP contribution in [-0.2, 0) is 20.9 Å². The zero-order chi connectivity index (χ0) is 24.4. The number of anilines is 1. The molecule has 1 unspecified atom stereocenters. The molecule has 0 radical (unpaired) electrons. The minimum atomic E-state index is -2.30. The first kappa shape index (κ1) is 26.6. The van der Waals surface area contributed by atoms with E-state index in [2.05, 4.69) is 32.2 Å². The number of nitrogens with one attached hydrogen (secondary N) is 1. The van der Waals surface area contributed by atoms with Gasteiger partial charge in [-0.2, -0.15) is 0 Å². The van der Waals surface area contributed by atoms with Crippen molar-refractivity contribution in [3.63, 3.8) is 0 Å². The van der Waals surface area contributed by atoms with E-state index in [1.807, 2.05) is 44.2 Å². The van der Waals surface area contributed by atoms with Crippen molar-refractivity contribution in [1.82, 2.24) is 0 Å². The van der Waals surface area contributed by atoms with Gasteiger partial charge in [0, 0.05) is 0 Å². The van der Waals surface area contributed by atoms with E-state index in [4.69, 9.17) is 4.74 Å². The Labute approximate surface area is 198 Å². The summed E-state index contributed by atoms with van der Waals surface area (Å²) in [7, 11) is -2.30. The van der Waals surface area contributed by atoms with Gasteiger partial charge in [-0.05, 0) is 0 Å². The Morgan fingerprint density at radius 2 is 1.67 bits per heavy atom. The summed E-state index contributed by atoms with van der Waals surface area (Å²) < 4.78 is 5.61. The van der Waals surface area contributed by atoms with Crippen molar-refractivity contribution in [2.24, 2.45) is 0 Å². The Kier molecular flexibility index (Phi) is 10.1. The van der Waals surface area contributed by atoms with Gasteiger partial charge in [-0.1, -0.05) is 0 Å². The Morgan fingerprint density at radius 3 is 2.18 bits per heavy atom. The monoisotopic (exact) mass is 468 g/mol. The molecule has 0 heterocycles. The Balaban J connectivity index is 2.23. The normalized spacial score (nSPS) is 12.5. The third-order valence-electron chi connectivity index (χ3n) is 6.69. The first-order valence-corrected chi connectivity index (χ1v) is 14.5. The van der Waals surface area contributed by atoms with Crippen LogP contribution in [0.3, 0.4) is 0 Å². The molecule has 0 aromatic heterocycles. The van der Waals surface area contributed by atoms with Crippen molar-refractivity contribution in [2.75, 3.05) is 23.8 Å². The van der Waals surface area contributed by atoms with Crippen molar-refractivity contribution in [3.05, 3.63) is 64.7 Å². The van der Waals surface area contributed by atoms with E-state index in [0.29, 0.717) is 11.7 Å². The SMILES string of the molecule is CCCC(C(=O)Nc1c(C)cc(C#N)cc1C)[PH](CC)(CC)CC(=O)OCc1ccccc1. The maximum atomic E-state index is 13.6. The molecule has 0 fully saturated rings. The van der Waals surface area contributed by atoms with Crippen LogP contribution in [0.1, 0.15) is 55.9 Å². The van der Waals surface area contributed by atoms with Gasteiger partial charge in [0.1, 0.15) is 0 Å². The predicted molar refractivity (Wildman–Crippen MR) is 138 cm³/mol. The van der Waals surface area contributed by atoms with E-state index in [0.717, 1.165) is 47.5 Å². The second kappa shape index (κ2) is 12.5. The van der Waals surface area contributed by atoms with E-state index in [1.54, 1.807) is 12.1 Å². The second-order valence-corrected chi connectivity index (χ2v) is 14.0. The van der Waals surface area contributed by atoms with Crippen LogP contribution in [0.5, 0.6) is 0 Å². The number of aryl methyl sites for hydroxylation is 2. The number of carbonyl (C=O) groups is 2. The van der Waals surface area contributed by atoms with Crippen LogP contribution >= 0.6 is 7.26 Å². The fraction of sp³-hybridized carbons (Fsp3) is 0.444. The van der Waals surface area contributed by atoms with Crippen molar-refractivity contribution < 1.29 is 14.3 Å². The zero-order valence-corrected chi connectivity index (χ0v) is 21.5. The molecule has 1 amide bonds. The minimum absolute atomic E-state index is 0.0148. The molecule has 0 saturated heterocycles. The van der Waals surface area contributed by atoms with Gasteiger partial charge in [-0.3, -0.25) is 0 Å². The Bertz CT molecular complexity index is 971. The summed E-state index contributed by atoms with van der Waals surface area (Å²) in [5.74, 6) is -0.229. The van der Waals surface area contributed by atoms with Crippen LogP contribution in [0, 0.1) is 25.2 Å². The molecule has 0 bridgehead atoms. The molecular weight excluding hydrogens is 431 g/mol. The van der Waals surface area contributed by atoms with Gasteiger partial charge in [0.15, 0.2) is 0 Å². The molecule has 1 atom stereocenters.